The van der Waals surface area contributed by atoms with E-state index in [1.807, 2.05) is 24.3 Å². The van der Waals surface area contributed by atoms with Gasteiger partial charge in [-0.1, -0.05) is 26.0 Å². The third kappa shape index (κ3) is 2.79. The van der Waals surface area contributed by atoms with Crippen LogP contribution in [0.5, 0.6) is 0 Å². The third-order valence-corrected chi connectivity index (χ3v) is 3.48. The van der Waals surface area contributed by atoms with E-state index in [-0.39, 0.29) is 0 Å². The van der Waals surface area contributed by atoms with E-state index in [1.54, 1.807) is 6.33 Å². The quantitative estimate of drug-likeness (QED) is 0.709. The molecular formula is C17H18N4. The average Bonchev–Trinajstić information content (AvgIpc) is 2.48. The van der Waals surface area contributed by atoms with Gasteiger partial charge in [0.2, 0.25) is 0 Å². The number of nitrogen functional groups attached to an aromatic ring is 1. The molecule has 4 heteroatoms. The van der Waals surface area contributed by atoms with E-state index in [0.717, 1.165) is 22.4 Å². The monoisotopic (exact) mass is 278 g/mol. The number of nitrogens with zero attached hydrogens (tertiary/aromatic N) is 2. The van der Waals surface area contributed by atoms with E-state index in [2.05, 4.69) is 47.3 Å². The number of hydrogen-bond donors (Lipinski definition) is 2. The number of rotatable bonds is 3. The standard InChI is InChI=1S/C17H18N4/c1-11(2)12-4-3-5-14(8-12)21-17-15-9-13(18)6-7-16(15)19-10-20-17/h3-11H,18H2,1-2H3,(H,19,20,21). The highest BCUT2D eigenvalue weighted by Crippen LogP contribution is 2.26. The molecule has 0 fully saturated rings. The topological polar surface area (TPSA) is 63.8 Å². The molecule has 3 rings (SSSR count). The Morgan fingerprint density at radius 2 is 1.90 bits per heavy atom. The van der Waals surface area contributed by atoms with Crippen molar-refractivity contribution in [2.45, 2.75) is 19.8 Å². The zero-order chi connectivity index (χ0) is 14.8. The van der Waals surface area contributed by atoms with E-state index >= 15 is 0 Å². The van der Waals surface area contributed by atoms with Gasteiger partial charge in [-0.05, 0) is 41.8 Å². The van der Waals surface area contributed by atoms with Crippen LogP contribution < -0.4 is 11.1 Å². The fraction of sp³-hybridized carbons (Fsp3) is 0.176. The second-order valence-corrected chi connectivity index (χ2v) is 5.40. The smallest absolute Gasteiger partial charge is 0.141 e. The first kappa shape index (κ1) is 13.4. The molecule has 0 bridgehead atoms. The van der Waals surface area contributed by atoms with Gasteiger partial charge in [0, 0.05) is 16.8 Å². The minimum absolute atomic E-state index is 0.490. The number of fused-ring (bicyclic) bond motifs is 1. The van der Waals surface area contributed by atoms with Crippen molar-refractivity contribution in [3.05, 3.63) is 54.4 Å². The number of nitrogens with one attached hydrogen (secondary N) is 1. The summed E-state index contributed by atoms with van der Waals surface area (Å²) in [4.78, 5) is 8.60. The van der Waals surface area contributed by atoms with Crippen LogP contribution in [0.25, 0.3) is 10.9 Å². The molecule has 1 heterocycles. The van der Waals surface area contributed by atoms with Gasteiger partial charge in [0.25, 0.3) is 0 Å². The lowest BCUT2D eigenvalue weighted by atomic mass is 10.0. The summed E-state index contributed by atoms with van der Waals surface area (Å²) in [6, 6.07) is 14.0. The van der Waals surface area contributed by atoms with E-state index in [9.17, 15) is 0 Å². The first-order chi connectivity index (χ1) is 10.1. The molecule has 0 aliphatic carbocycles. The fourth-order valence-electron chi connectivity index (χ4n) is 2.29. The molecule has 2 aromatic carbocycles. The van der Waals surface area contributed by atoms with Gasteiger partial charge in [0.15, 0.2) is 0 Å². The summed E-state index contributed by atoms with van der Waals surface area (Å²) >= 11 is 0. The zero-order valence-corrected chi connectivity index (χ0v) is 12.2. The van der Waals surface area contributed by atoms with Crippen molar-refractivity contribution in [3.63, 3.8) is 0 Å². The lowest BCUT2D eigenvalue weighted by molar-refractivity contribution is 0.867. The van der Waals surface area contributed by atoms with Gasteiger partial charge >= 0.3 is 0 Å². The molecule has 0 amide bonds. The zero-order valence-electron chi connectivity index (χ0n) is 12.2. The Kier molecular flexibility index (Phi) is 3.44. The Bertz CT molecular complexity index is 781. The Morgan fingerprint density at radius 3 is 2.71 bits per heavy atom. The fourth-order valence-corrected chi connectivity index (χ4v) is 2.29. The molecule has 3 aromatic rings. The van der Waals surface area contributed by atoms with Crippen molar-refractivity contribution in [2.75, 3.05) is 11.1 Å². The van der Waals surface area contributed by atoms with E-state index in [1.165, 1.54) is 5.56 Å². The van der Waals surface area contributed by atoms with Crippen LogP contribution in [-0.4, -0.2) is 9.97 Å². The average molecular weight is 278 g/mol. The molecule has 3 N–H and O–H groups in total. The second-order valence-electron chi connectivity index (χ2n) is 5.40. The number of aromatic nitrogens is 2. The second kappa shape index (κ2) is 5.40. The van der Waals surface area contributed by atoms with E-state index in [0.29, 0.717) is 11.6 Å². The summed E-state index contributed by atoms with van der Waals surface area (Å²) in [7, 11) is 0. The van der Waals surface area contributed by atoms with Gasteiger partial charge in [0.05, 0.1) is 5.52 Å². The summed E-state index contributed by atoms with van der Waals surface area (Å²) in [6.45, 7) is 4.36. The molecule has 4 nitrogen and oxygen atoms in total. The van der Waals surface area contributed by atoms with Crippen molar-refractivity contribution < 1.29 is 0 Å². The predicted molar refractivity (Wildman–Crippen MR) is 87.8 cm³/mol. The lowest BCUT2D eigenvalue weighted by Gasteiger charge is -2.11. The van der Waals surface area contributed by atoms with Crippen LogP contribution >= 0.6 is 0 Å². The summed E-state index contributed by atoms with van der Waals surface area (Å²) < 4.78 is 0. The first-order valence-electron chi connectivity index (χ1n) is 7.01. The minimum Gasteiger partial charge on any atom is -0.399 e. The molecule has 0 atom stereocenters. The number of nitrogens with two attached hydrogens (primary N) is 1. The largest absolute Gasteiger partial charge is 0.399 e. The predicted octanol–water partition coefficient (Wildman–Crippen LogP) is 4.08. The van der Waals surface area contributed by atoms with Crippen molar-refractivity contribution in [1.29, 1.82) is 0 Å². The maximum absolute atomic E-state index is 5.87. The summed E-state index contributed by atoms with van der Waals surface area (Å²) in [5.41, 5.74) is 9.76. The van der Waals surface area contributed by atoms with Crippen molar-refractivity contribution in [1.82, 2.24) is 9.97 Å². The van der Waals surface area contributed by atoms with Gasteiger partial charge in [-0.15, -0.1) is 0 Å². The summed E-state index contributed by atoms with van der Waals surface area (Å²) in [5, 5.41) is 4.29. The molecular weight excluding hydrogens is 260 g/mol. The van der Waals surface area contributed by atoms with Crippen LogP contribution in [0.2, 0.25) is 0 Å². The molecule has 0 saturated carbocycles. The van der Waals surface area contributed by atoms with Gasteiger partial charge < -0.3 is 11.1 Å². The maximum Gasteiger partial charge on any atom is 0.141 e. The Morgan fingerprint density at radius 1 is 1.05 bits per heavy atom. The Balaban J connectivity index is 2.02. The molecule has 0 aliphatic heterocycles. The highest BCUT2D eigenvalue weighted by atomic mass is 15.0. The van der Waals surface area contributed by atoms with Crippen molar-refractivity contribution >= 4 is 28.1 Å². The van der Waals surface area contributed by atoms with Crippen molar-refractivity contribution in [3.8, 4) is 0 Å². The summed E-state index contributed by atoms with van der Waals surface area (Å²) in [5.74, 6) is 1.26. The number of hydrogen-bond acceptors (Lipinski definition) is 4. The number of benzene rings is 2. The molecule has 106 valence electrons. The summed E-state index contributed by atoms with van der Waals surface area (Å²) in [6.07, 6.45) is 1.56. The van der Waals surface area contributed by atoms with Crippen LogP contribution in [0.1, 0.15) is 25.3 Å². The molecule has 0 spiro atoms. The molecule has 0 unspecified atom stereocenters. The molecule has 0 radical (unpaired) electrons. The van der Waals surface area contributed by atoms with Gasteiger partial charge in [-0.2, -0.15) is 0 Å². The number of anilines is 3. The molecule has 0 saturated heterocycles. The minimum atomic E-state index is 0.490. The third-order valence-electron chi connectivity index (χ3n) is 3.48. The van der Waals surface area contributed by atoms with Crippen LogP contribution in [0, 0.1) is 0 Å². The molecule has 1 aromatic heterocycles. The van der Waals surface area contributed by atoms with Crippen LogP contribution in [0.3, 0.4) is 0 Å². The van der Waals surface area contributed by atoms with E-state index in [4.69, 9.17) is 5.73 Å². The van der Waals surface area contributed by atoms with E-state index < -0.39 is 0 Å². The molecule has 0 aliphatic rings. The molecule has 21 heavy (non-hydrogen) atoms. The Labute approximate surface area is 124 Å². The van der Waals surface area contributed by atoms with Gasteiger partial charge in [-0.25, -0.2) is 9.97 Å². The SMILES string of the molecule is CC(C)c1cccc(Nc2ncnc3ccc(N)cc23)c1. The first-order valence-corrected chi connectivity index (χ1v) is 7.01. The lowest BCUT2D eigenvalue weighted by Crippen LogP contribution is -1.98. The van der Waals surface area contributed by atoms with Crippen LogP contribution in [-0.2, 0) is 0 Å². The van der Waals surface area contributed by atoms with Crippen molar-refractivity contribution in [2.24, 2.45) is 0 Å². The van der Waals surface area contributed by atoms with Crippen LogP contribution in [0.15, 0.2) is 48.8 Å². The maximum atomic E-state index is 5.87. The van der Waals surface area contributed by atoms with Gasteiger partial charge in [0.1, 0.15) is 12.1 Å². The highest BCUT2D eigenvalue weighted by Gasteiger charge is 2.06. The van der Waals surface area contributed by atoms with Gasteiger partial charge in [-0.3, -0.25) is 0 Å². The Hall–Kier alpha value is -2.62. The normalized spacial score (nSPS) is 11.0. The van der Waals surface area contributed by atoms with Crippen LogP contribution in [0.4, 0.5) is 17.2 Å². The highest BCUT2D eigenvalue weighted by molar-refractivity contribution is 5.92.